The number of rotatable bonds is 6. The lowest BCUT2D eigenvalue weighted by molar-refractivity contribution is -0.142. The van der Waals surface area contributed by atoms with E-state index in [0.29, 0.717) is 11.4 Å². The Labute approximate surface area is 182 Å². The number of methoxy groups -OCH3 is 1. The minimum Gasteiger partial charge on any atom is -0.497 e. The molecule has 6 nitrogen and oxygen atoms in total. The SMILES string of the molecule is COc1ccc(C2=NN(C(=O)CN(C)C(=O)C(C)C)C(c3ccc(Cl)cc3)C2)cc1. The standard InChI is InChI=1S/C23H26ClN3O3/c1-15(2)23(29)26(3)14-22(28)27-21(17-5-9-18(24)10-6-17)13-20(25-27)16-7-11-19(30-4)12-8-16/h5-12,15,21H,13-14H2,1-4H3. The van der Waals surface area contributed by atoms with E-state index in [9.17, 15) is 9.59 Å². The Morgan fingerprint density at radius 1 is 1.17 bits per heavy atom. The van der Waals surface area contributed by atoms with Crippen molar-refractivity contribution in [2.24, 2.45) is 11.0 Å². The number of hydrogen-bond acceptors (Lipinski definition) is 4. The first-order valence-corrected chi connectivity index (χ1v) is 10.2. The van der Waals surface area contributed by atoms with E-state index < -0.39 is 0 Å². The minimum atomic E-state index is -0.255. The molecule has 3 rings (SSSR count). The van der Waals surface area contributed by atoms with Crippen LogP contribution >= 0.6 is 11.6 Å². The van der Waals surface area contributed by atoms with E-state index in [2.05, 4.69) is 5.10 Å². The number of carbonyl (C=O) groups excluding carboxylic acids is 2. The average Bonchev–Trinajstić information content (AvgIpc) is 3.19. The van der Waals surface area contributed by atoms with Crippen LogP contribution in [-0.2, 0) is 9.59 Å². The van der Waals surface area contributed by atoms with E-state index in [0.717, 1.165) is 22.6 Å². The second-order valence-corrected chi connectivity index (χ2v) is 8.07. The summed E-state index contributed by atoms with van der Waals surface area (Å²) in [5, 5.41) is 6.77. The second kappa shape index (κ2) is 9.30. The molecule has 0 radical (unpaired) electrons. The summed E-state index contributed by atoms with van der Waals surface area (Å²) in [5.74, 6) is 0.278. The van der Waals surface area contributed by atoms with E-state index in [1.54, 1.807) is 26.3 Å². The number of benzene rings is 2. The highest BCUT2D eigenvalue weighted by atomic mass is 35.5. The van der Waals surface area contributed by atoms with Gasteiger partial charge in [-0.05, 0) is 47.5 Å². The molecule has 0 N–H and O–H groups in total. The molecule has 1 unspecified atom stereocenters. The minimum absolute atomic E-state index is 0.0273. The summed E-state index contributed by atoms with van der Waals surface area (Å²) in [4.78, 5) is 26.8. The monoisotopic (exact) mass is 427 g/mol. The largest absolute Gasteiger partial charge is 0.497 e. The summed E-state index contributed by atoms with van der Waals surface area (Å²) in [5.41, 5.74) is 2.68. The fourth-order valence-electron chi connectivity index (χ4n) is 3.44. The third-order valence-electron chi connectivity index (χ3n) is 5.09. The number of carbonyl (C=O) groups is 2. The summed E-state index contributed by atoms with van der Waals surface area (Å²) in [6.07, 6.45) is 0.571. The van der Waals surface area contributed by atoms with Crippen molar-refractivity contribution in [3.63, 3.8) is 0 Å². The molecule has 1 aliphatic rings. The third-order valence-corrected chi connectivity index (χ3v) is 5.34. The van der Waals surface area contributed by atoms with Crippen LogP contribution in [-0.4, -0.2) is 48.1 Å². The molecule has 1 atom stereocenters. The van der Waals surface area contributed by atoms with Crippen molar-refractivity contribution in [2.75, 3.05) is 20.7 Å². The topological polar surface area (TPSA) is 62.2 Å². The highest BCUT2D eigenvalue weighted by Crippen LogP contribution is 2.33. The molecule has 30 heavy (non-hydrogen) atoms. The van der Waals surface area contributed by atoms with Crippen molar-refractivity contribution in [2.45, 2.75) is 26.3 Å². The maximum absolute atomic E-state index is 13.1. The molecule has 2 aromatic rings. The molecule has 7 heteroatoms. The quantitative estimate of drug-likeness (QED) is 0.696. The normalized spacial score (nSPS) is 15.9. The Morgan fingerprint density at radius 2 is 1.80 bits per heavy atom. The van der Waals surface area contributed by atoms with E-state index in [4.69, 9.17) is 16.3 Å². The summed E-state index contributed by atoms with van der Waals surface area (Å²) in [7, 11) is 3.26. The van der Waals surface area contributed by atoms with Crippen molar-refractivity contribution in [3.8, 4) is 5.75 Å². The Balaban J connectivity index is 1.88. The van der Waals surface area contributed by atoms with Gasteiger partial charge in [0.15, 0.2) is 0 Å². The lowest BCUT2D eigenvalue weighted by atomic mass is 9.98. The van der Waals surface area contributed by atoms with Crippen molar-refractivity contribution < 1.29 is 14.3 Å². The number of likely N-dealkylation sites (N-methyl/N-ethyl adjacent to an activating group) is 1. The first kappa shape index (κ1) is 21.8. The zero-order valence-corrected chi connectivity index (χ0v) is 18.4. The average molecular weight is 428 g/mol. The van der Waals surface area contributed by atoms with Gasteiger partial charge < -0.3 is 9.64 Å². The van der Waals surface area contributed by atoms with Gasteiger partial charge in [0.25, 0.3) is 5.91 Å². The summed E-state index contributed by atoms with van der Waals surface area (Å²) in [6, 6.07) is 14.8. The van der Waals surface area contributed by atoms with Gasteiger partial charge in [0.1, 0.15) is 12.3 Å². The van der Waals surface area contributed by atoms with Gasteiger partial charge >= 0.3 is 0 Å². The van der Waals surface area contributed by atoms with Crippen LogP contribution in [0.1, 0.15) is 37.4 Å². The van der Waals surface area contributed by atoms with Crippen LogP contribution in [0, 0.1) is 5.92 Å². The number of halogens is 1. The number of hydrogen-bond donors (Lipinski definition) is 0. The van der Waals surface area contributed by atoms with Gasteiger partial charge in [-0.1, -0.05) is 37.6 Å². The van der Waals surface area contributed by atoms with E-state index >= 15 is 0 Å². The van der Waals surface area contributed by atoms with Crippen LogP contribution in [0.4, 0.5) is 0 Å². The number of nitrogens with zero attached hydrogens (tertiary/aromatic N) is 3. The number of amides is 2. The van der Waals surface area contributed by atoms with Gasteiger partial charge in [0, 0.05) is 24.4 Å². The second-order valence-electron chi connectivity index (χ2n) is 7.63. The lowest BCUT2D eigenvalue weighted by Crippen LogP contribution is -2.40. The molecular weight excluding hydrogens is 402 g/mol. The van der Waals surface area contributed by atoms with Gasteiger partial charge in [0.2, 0.25) is 5.91 Å². The number of hydrazone groups is 1. The molecule has 0 aliphatic carbocycles. The molecule has 0 bridgehead atoms. The van der Waals surface area contributed by atoms with Gasteiger partial charge in [0.05, 0.1) is 18.9 Å². The Hall–Kier alpha value is -2.86. The molecule has 1 aliphatic heterocycles. The molecule has 0 aromatic heterocycles. The molecule has 0 saturated carbocycles. The molecule has 0 saturated heterocycles. The fourth-order valence-corrected chi connectivity index (χ4v) is 3.56. The van der Waals surface area contributed by atoms with Crippen LogP contribution in [0.2, 0.25) is 5.02 Å². The third kappa shape index (κ3) is 4.82. The Bertz CT molecular complexity index is 939. The van der Waals surface area contributed by atoms with E-state index in [1.807, 2.05) is 50.2 Å². The molecule has 1 heterocycles. The van der Waals surface area contributed by atoms with Crippen molar-refractivity contribution >= 4 is 29.1 Å². The number of ether oxygens (including phenoxy) is 1. The predicted molar refractivity (Wildman–Crippen MR) is 118 cm³/mol. The van der Waals surface area contributed by atoms with Crippen LogP contribution in [0.3, 0.4) is 0 Å². The van der Waals surface area contributed by atoms with Crippen LogP contribution < -0.4 is 4.74 Å². The molecule has 158 valence electrons. The van der Waals surface area contributed by atoms with E-state index in [1.165, 1.54) is 9.91 Å². The van der Waals surface area contributed by atoms with Gasteiger partial charge in [-0.3, -0.25) is 9.59 Å². The summed E-state index contributed by atoms with van der Waals surface area (Å²) < 4.78 is 5.22. The van der Waals surface area contributed by atoms with Crippen LogP contribution in [0.25, 0.3) is 0 Å². The Morgan fingerprint density at radius 3 is 2.37 bits per heavy atom. The fraction of sp³-hybridized carbons (Fsp3) is 0.348. The maximum Gasteiger partial charge on any atom is 0.262 e. The zero-order valence-electron chi connectivity index (χ0n) is 17.6. The van der Waals surface area contributed by atoms with E-state index in [-0.39, 0.29) is 30.3 Å². The molecular formula is C23H26ClN3O3. The van der Waals surface area contributed by atoms with Gasteiger partial charge in [-0.25, -0.2) is 5.01 Å². The summed E-state index contributed by atoms with van der Waals surface area (Å²) >= 11 is 6.04. The molecule has 2 aromatic carbocycles. The first-order valence-electron chi connectivity index (χ1n) is 9.84. The Kier molecular flexibility index (Phi) is 6.77. The van der Waals surface area contributed by atoms with Crippen molar-refractivity contribution in [3.05, 3.63) is 64.7 Å². The smallest absolute Gasteiger partial charge is 0.262 e. The zero-order chi connectivity index (χ0) is 21.8. The van der Waals surface area contributed by atoms with Gasteiger partial charge in [-0.2, -0.15) is 5.10 Å². The van der Waals surface area contributed by atoms with Crippen LogP contribution in [0.15, 0.2) is 53.6 Å². The first-order chi connectivity index (χ1) is 14.3. The maximum atomic E-state index is 13.1. The summed E-state index contributed by atoms with van der Waals surface area (Å²) in [6.45, 7) is 3.60. The molecule has 0 spiro atoms. The highest BCUT2D eigenvalue weighted by molar-refractivity contribution is 6.30. The van der Waals surface area contributed by atoms with Crippen molar-refractivity contribution in [1.29, 1.82) is 0 Å². The highest BCUT2D eigenvalue weighted by Gasteiger charge is 2.34. The van der Waals surface area contributed by atoms with Crippen LogP contribution in [0.5, 0.6) is 5.75 Å². The van der Waals surface area contributed by atoms with Gasteiger partial charge in [-0.15, -0.1) is 0 Å². The molecule has 0 fully saturated rings. The lowest BCUT2D eigenvalue weighted by Gasteiger charge is -2.25. The predicted octanol–water partition coefficient (Wildman–Crippen LogP) is 4.14. The molecule has 2 amide bonds. The van der Waals surface area contributed by atoms with Crippen molar-refractivity contribution in [1.82, 2.24) is 9.91 Å².